The summed E-state index contributed by atoms with van der Waals surface area (Å²) in [4.78, 5) is 0. The highest BCUT2D eigenvalue weighted by molar-refractivity contribution is 7.80. The SMILES string of the molecule is CCc1ccc(NC(=S)N[C@@H]2CC(C)(C)Oc3ccc(C)cc32)cc1. The highest BCUT2D eigenvalue weighted by Crippen LogP contribution is 2.39. The molecule has 2 N–H and O–H groups in total. The largest absolute Gasteiger partial charge is 0.487 e. The standard InChI is InChI=1S/C21H26N2OS/c1-5-15-7-9-16(10-8-15)22-20(25)23-18-13-21(3,4)24-19-11-6-14(2)12-17(18)19/h6-12,18H,5,13H2,1-4H3,(H2,22,23,25)/t18-/m1/s1. The lowest BCUT2D eigenvalue weighted by molar-refractivity contribution is 0.0696. The van der Waals surface area contributed by atoms with E-state index in [4.69, 9.17) is 17.0 Å². The second-order valence-electron chi connectivity index (χ2n) is 7.31. The van der Waals surface area contributed by atoms with Gasteiger partial charge in [-0.25, -0.2) is 0 Å². The lowest BCUT2D eigenvalue weighted by atomic mass is 9.89. The normalized spacial score (nSPS) is 18.0. The summed E-state index contributed by atoms with van der Waals surface area (Å²) in [5, 5.41) is 7.41. The highest BCUT2D eigenvalue weighted by Gasteiger charge is 2.34. The van der Waals surface area contributed by atoms with Gasteiger partial charge in [0.15, 0.2) is 5.11 Å². The van der Waals surface area contributed by atoms with E-state index >= 15 is 0 Å². The molecule has 0 aliphatic carbocycles. The number of hydrogen-bond donors (Lipinski definition) is 2. The third kappa shape index (κ3) is 4.31. The van der Waals surface area contributed by atoms with Crippen molar-refractivity contribution in [2.24, 2.45) is 0 Å². The molecule has 1 heterocycles. The molecular weight excluding hydrogens is 328 g/mol. The molecule has 132 valence electrons. The molecule has 1 aliphatic rings. The van der Waals surface area contributed by atoms with Crippen LogP contribution in [0, 0.1) is 6.92 Å². The fraction of sp³-hybridized carbons (Fsp3) is 0.381. The number of nitrogens with one attached hydrogen (secondary N) is 2. The third-order valence-corrected chi connectivity index (χ3v) is 4.77. The zero-order valence-electron chi connectivity index (χ0n) is 15.3. The topological polar surface area (TPSA) is 33.3 Å². The molecule has 0 spiro atoms. The summed E-state index contributed by atoms with van der Waals surface area (Å²) in [5.74, 6) is 0.939. The first-order chi connectivity index (χ1) is 11.9. The molecule has 0 amide bonds. The lowest BCUT2D eigenvalue weighted by Gasteiger charge is -2.38. The third-order valence-electron chi connectivity index (χ3n) is 4.55. The molecule has 25 heavy (non-hydrogen) atoms. The van der Waals surface area contributed by atoms with Crippen molar-refractivity contribution in [2.75, 3.05) is 5.32 Å². The van der Waals surface area contributed by atoms with Crippen LogP contribution in [0.3, 0.4) is 0 Å². The molecule has 3 nitrogen and oxygen atoms in total. The first-order valence-electron chi connectivity index (χ1n) is 8.82. The molecule has 2 aromatic rings. The lowest BCUT2D eigenvalue weighted by Crippen LogP contribution is -2.42. The molecule has 0 saturated heterocycles. The minimum atomic E-state index is -0.224. The first kappa shape index (κ1) is 17.7. The van der Waals surface area contributed by atoms with Gasteiger partial charge in [0.1, 0.15) is 11.4 Å². The van der Waals surface area contributed by atoms with Crippen LogP contribution < -0.4 is 15.4 Å². The molecule has 0 fully saturated rings. The van der Waals surface area contributed by atoms with Crippen molar-refractivity contribution in [3.05, 3.63) is 59.2 Å². The van der Waals surface area contributed by atoms with Crippen LogP contribution in [0.5, 0.6) is 5.75 Å². The maximum Gasteiger partial charge on any atom is 0.171 e. The van der Waals surface area contributed by atoms with Gasteiger partial charge in [0.05, 0.1) is 6.04 Å². The van der Waals surface area contributed by atoms with E-state index in [0.29, 0.717) is 5.11 Å². The predicted molar refractivity (Wildman–Crippen MR) is 108 cm³/mol. The Hall–Kier alpha value is -2.07. The van der Waals surface area contributed by atoms with Crippen LogP contribution in [-0.2, 0) is 6.42 Å². The summed E-state index contributed by atoms with van der Waals surface area (Å²) in [6.07, 6.45) is 1.90. The molecule has 0 unspecified atom stereocenters. The van der Waals surface area contributed by atoms with Gasteiger partial charge in [0, 0.05) is 17.7 Å². The van der Waals surface area contributed by atoms with Crippen LogP contribution in [-0.4, -0.2) is 10.7 Å². The van der Waals surface area contributed by atoms with Crippen LogP contribution in [0.4, 0.5) is 5.69 Å². The Bertz CT molecular complexity index is 768. The van der Waals surface area contributed by atoms with E-state index < -0.39 is 0 Å². The van der Waals surface area contributed by atoms with Crippen LogP contribution in [0.25, 0.3) is 0 Å². The van der Waals surface area contributed by atoms with Gasteiger partial charge in [0.25, 0.3) is 0 Å². The summed E-state index contributed by atoms with van der Waals surface area (Å²) in [7, 11) is 0. The Kier molecular flexibility index (Phi) is 5.00. The van der Waals surface area contributed by atoms with Gasteiger partial charge in [0.2, 0.25) is 0 Å². The van der Waals surface area contributed by atoms with Gasteiger partial charge in [-0.1, -0.05) is 36.8 Å². The average molecular weight is 355 g/mol. The summed E-state index contributed by atoms with van der Waals surface area (Å²) < 4.78 is 6.13. The quantitative estimate of drug-likeness (QED) is 0.747. The smallest absolute Gasteiger partial charge is 0.171 e. The van der Waals surface area contributed by atoms with Crippen molar-refractivity contribution in [2.45, 2.75) is 52.2 Å². The van der Waals surface area contributed by atoms with Crippen molar-refractivity contribution < 1.29 is 4.74 Å². The molecule has 0 saturated carbocycles. The number of fused-ring (bicyclic) bond motifs is 1. The molecular formula is C21H26N2OS. The van der Waals surface area contributed by atoms with Crippen molar-refractivity contribution in [3.63, 3.8) is 0 Å². The molecule has 2 aromatic carbocycles. The number of benzene rings is 2. The second kappa shape index (κ2) is 7.04. The van der Waals surface area contributed by atoms with Crippen LogP contribution in [0.1, 0.15) is 49.9 Å². The summed E-state index contributed by atoms with van der Waals surface area (Å²) >= 11 is 5.55. The summed E-state index contributed by atoms with van der Waals surface area (Å²) in [5.41, 5.74) is 4.50. The minimum absolute atomic E-state index is 0.133. The maximum atomic E-state index is 6.13. The van der Waals surface area contributed by atoms with Crippen molar-refractivity contribution in [3.8, 4) is 5.75 Å². The molecule has 0 aromatic heterocycles. The van der Waals surface area contributed by atoms with Crippen LogP contribution >= 0.6 is 12.2 Å². The van der Waals surface area contributed by atoms with E-state index in [-0.39, 0.29) is 11.6 Å². The minimum Gasteiger partial charge on any atom is -0.487 e. The monoisotopic (exact) mass is 354 g/mol. The number of aryl methyl sites for hydroxylation is 2. The van der Waals surface area contributed by atoms with Crippen molar-refractivity contribution in [1.82, 2.24) is 5.32 Å². The van der Waals surface area contributed by atoms with E-state index in [1.807, 2.05) is 0 Å². The number of anilines is 1. The molecule has 0 bridgehead atoms. The van der Waals surface area contributed by atoms with Gasteiger partial charge in [-0.15, -0.1) is 0 Å². The molecule has 0 radical (unpaired) electrons. The number of rotatable bonds is 3. The number of hydrogen-bond acceptors (Lipinski definition) is 2. The first-order valence-corrected chi connectivity index (χ1v) is 9.23. The van der Waals surface area contributed by atoms with E-state index in [2.05, 4.69) is 80.8 Å². The van der Waals surface area contributed by atoms with Gasteiger partial charge in [-0.2, -0.15) is 0 Å². The maximum absolute atomic E-state index is 6.13. The Morgan fingerprint density at radius 2 is 1.92 bits per heavy atom. The zero-order valence-corrected chi connectivity index (χ0v) is 16.2. The van der Waals surface area contributed by atoms with E-state index in [0.717, 1.165) is 24.3 Å². The Morgan fingerprint density at radius 1 is 1.20 bits per heavy atom. The van der Waals surface area contributed by atoms with E-state index in [9.17, 15) is 0 Å². The molecule has 3 rings (SSSR count). The van der Waals surface area contributed by atoms with Gasteiger partial charge in [-0.3, -0.25) is 0 Å². The van der Waals surface area contributed by atoms with Gasteiger partial charge < -0.3 is 15.4 Å². The molecule has 1 atom stereocenters. The average Bonchev–Trinajstić information content (AvgIpc) is 2.55. The van der Waals surface area contributed by atoms with Crippen LogP contribution in [0.2, 0.25) is 0 Å². The van der Waals surface area contributed by atoms with Gasteiger partial charge in [-0.05, 0) is 63.2 Å². The summed E-state index contributed by atoms with van der Waals surface area (Å²) in [6, 6.07) is 14.8. The van der Waals surface area contributed by atoms with E-state index in [1.54, 1.807) is 0 Å². The Balaban J connectivity index is 1.74. The molecule has 4 heteroatoms. The van der Waals surface area contributed by atoms with Crippen LogP contribution in [0.15, 0.2) is 42.5 Å². The fourth-order valence-electron chi connectivity index (χ4n) is 3.25. The second-order valence-corrected chi connectivity index (χ2v) is 7.72. The Labute approximate surface area is 155 Å². The number of thiocarbonyl (C=S) groups is 1. The van der Waals surface area contributed by atoms with Gasteiger partial charge >= 0.3 is 0 Å². The fourth-order valence-corrected chi connectivity index (χ4v) is 3.51. The summed E-state index contributed by atoms with van der Waals surface area (Å²) in [6.45, 7) is 8.48. The Morgan fingerprint density at radius 3 is 2.60 bits per heavy atom. The zero-order chi connectivity index (χ0) is 18.0. The van der Waals surface area contributed by atoms with Crippen molar-refractivity contribution >= 4 is 23.0 Å². The van der Waals surface area contributed by atoms with Crippen molar-refractivity contribution in [1.29, 1.82) is 0 Å². The molecule has 1 aliphatic heterocycles. The predicted octanol–water partition coefficient (Wildman–Crippen LogP) is 5.15. The van der Waals surface area contributed by atoms with E-state index in [1.165, 1.54) is 16.7 Å². The number of ether oxygens (including phenoxy) is 1. The highest BCUT2D eigenvalue weighted by atomic mass is 32.1.